The Morgan fingerprint density at radius 3 is 2.52 bits per heavy atom. The predicted molar refractivity (Wildman–Crippen MR) is 90.4 cm³/mol. The van der Waals surface area contributed by atoms with Crippen molar-refractivity contribution in [2.24, 2.45) is 0 Å². The van der Waals surface area contributed by atoms with E-state index in [1.54, 1.807) is 30.7 Å². The third-order valence-corrected chi connectivity index (χ3v) is 6.63. The van der Waals surface area contributed by atoms with Gasteiger partial charge in [0.1, 0.15) is 17.5 Å². The number of β-lactam (4-membered cyclic amide) rings is 1. The highest BCUT2D eigenvalue weighted by Gasteiger charge is 2.64. The van der Waals surface area contributed by atoms with E-state index in [0.29, 0.717) is 5.56 Å². The van der Waals surface area contributed by atoms with E-state index >= 15 is 0 Å². The maximum atomic E-state index is 12.4. The Kier molecular flexibility index (Phi) is 4.28. The summed E-state index contributed by atoms with van der Waals surface area (Å²) >= 11 is 2.56. The summed E-state index contributed by atoms with van der Waals surface area (Å²) in [5, 5.41) is 23.9. The number of nitrogens with one attached hydrogen (secondary N) is 1. The van der Waals surface area contributed by atoms with Gasteiger partial charge in [0, 0.05) is 4.75 Å². The Bertz CT molecular complexity index is 747. The number of aliphatic carboxylic acids is 2. The molecular weight excluding hydrogens is 368 g/mol. The molecule has 2 aliphatic heterocycles. The Labute approximate surface area is 151 Å². The minimum absolute atomic E-state index is 0.349. The number of nitrogens with zero attached hydrogens (tertiary/aromatic N) is 1. The first-order chi connectivity index (χ1) is 11.6. The lowest BCUT2D eigenvalue weighted by Crippen LogP contribution is -2.71. The van der Waals surface area contributed by atoms with Gasteiger partial charge in [0.25, 0.3) is 0 Å². The number of carboxylic acid groups (broad SMARTS) is 2. The van der Waals surface area contributed by atoms with Gasteiger partial charge in [-0.15, -0.1) is 11.8 Å². The molecule has 3 heterocycles. The largest absolute Gasteiger partial charge is 0.480 e. The molecule has 8 nitrogen and oxygen atoms in total. The van der Waals surface area contributed by atoms with E-state index in [0.717, 1.165) is 0 Å². The van der Waals surface area contributed by atoms with Gasteiger partial charge < -0.3 is 20.4 Å². The fourth-order valence-electron chi connectivity index (χ4n) is 3.23. The van der Waals surface area contributed by atoms with Gasteiger partial charge in [-0.05, 0) is 36.2 Å². The van der Waals surface area contributed by atoms with E-state index in [9.17, 15) is 29.4 Å². The number of amides is 2. The van der Waals surface area contributed by atoms with Crippen molar-refractivity contribution in [3.8, 4) is 0 Å². The predicted octanol–water partition coefficient (Wildman–Crippen LogP) is 0.548. The molecule has 2 aliphatic rings. The highest BCUT2D eigenvalue weighted by molar-refractivity contribution is 8.01. The molecule has 1 aromatic rings. The summed E-state index contributed by atoms with van der Waals surface area (Å²) in [5.41, 5.74) is 0.349. The molecule has 3 N–H and O–H groups in total. The summed E-state index contributed by atoms with van der Waals surface area (Å²) in [4.78, 5) is 48.9. The second-order valence-electron chi connectivity index (χ2n) is 6.41. The number of hydrogen-bond acceptors (Lipinski definition) is 6. The highest BCUT2D eigenvalue weighted by atomic mass is 32.2. The molecule has 2 fully saturated rings. The normalized spacial score (nSPS) is 28.0. The Balaban J connectivity index is 1.77. The van der Waals surface area contributed by atoms with Gasteiger partial charge in [-0.2, -0.15) is 11.3 Å². The lowest BCUT2D eigenvalue weighted by atomic mass is 9.95. The van der Waals surface area contributed by atoms with Crippen molar-refractivity contribution < 1.29 is 29.4 Å². The Morgan fingerprint density at radius 2 is 2.00 bits per heavy atom. The number of thiophene rings is 1. The summed E-state index contributed by atoms with van der Waals surface area (Å²) in [6.07, 6.45) is 0. The van der Waals surface area contributed by atoms with Crippen molar-refractivity contribution in [2.45, 2.75) is 42.0 Å². The van der Waals surface area contributed by atoms with Crippen molar-refractivity contribution in [1.29, 1.82) is 0 Å². The highest BCUT2D eigenvalue weighted by Crippen LogP contribution is 2.50. The van der Waals surface area contributed by atoms with Crippen molar-refractivity contribution in [2.75, 3.05) is 0 Å². The second kappa shape index (κ2) is 6.03. The van der Waals surface area contributed by atoms with E-state index < -0.39 is 51.9 Å². The standard InChI is InChI=1S/C15H16N2O6S2/c1-15(2)9(14(22)23)17-11(19)8(12(17)25-15)16-10(18)7(13(20)21)6-3-4-24-5-6/h3-5,7-9,12H,1-2H3,(H,16,18)(H,20,21)(H,22,23)/t7-,8?,9?,12?/m1/s1. The molecule has 25 heavy (non-hydrogen) atoms. The lowest BCUT2D eigenvalue weighted by Gasteiger charge is -2.43. The van der Waals surface area contributed by atoms with Crippen LogP contribution in [0.15, 0.2) is 16.8 Å². The monoisotopic (exact) mass is 384 g/mol. The molecule has 0 bridgehead atoms. The molecule has 134 valence electrons. The van der Waals surface area contributed by atoms with Crippen LogP contribution in [-0.4, -0.2) is 61.1 Å². The number of thioether (sulfide) groups is 1. The third-order valence-electron chi connectivity index (χ3n) is 4.36. The van der Waals surface area contributed by atoms with Gasteiger partial charge >= 0.3 is 11.9 Å². The maximum absolute atomic E-state index is 12.4. The maximum Gasteiger partial charge on any atom is 0.327 e. The number of rotatable bonds is 5. The molecule has 4 atom stereocenters. The fraction of sp³-hybridized carbons (Fsp3) is 0.467. The average Bonchev–Trinajstić information content (AvgIpc) is 3.09. The number of carboxylic acids is 2. The quantitative estimate of drug-likeness (QED) is 0.500. The molecule has 10 heteroatoms. The van der Waals surface area contributed by atoms with Crippen LogP contribution < -0.4 is 5.32 Å². The second-order valence-corrected chi connectivity index (χ2v) is 8.96. The average molecular weight is 384 g/mol. The van der Waals surface area contributed by atoms with E-state index in [-0.39, 0.29) is 0 Å². The molecule has 3 unspecified atom stereocenters. The first-order valence-corrected chi connectivity index (χ1v) is 9.25. The summed E-state index contributed by atoms with van der Waals surface area (Å²) in [5.74, 6) is -5.08. The van der Waals surface area contributed by atoms with Crippen LogP contribution in [0.5, 0.6) is 0 Å². The molecule has 0 radical (unpaired) electrons. The number of fused-ring (bicyclic) bond motifs is 1. The zero-order valence-corrected chi connectivity index (χ0v) is 15.0. The summed E-state index contributed by atoms with van der Waals surface area (Å²) < 4.78 is -0.703. The third kappa shape index (κ3) is 2.78. The molecule has 0 spiro atoms. The first kappa shape index (κ1) is 17.7. The SMILES string of the molecule is CC1(C)SC2C(NC(=O)[C@H](C(=O)O)c3ccsc3)C(=O)N2C1C(=O)O. The zero-order valence-electron chi connectivity index (χ0n) is 13.3. The van der Waals surface area contributed by atoms with Gasteiger partial charge in [-0.25, -0.2) is 4.79 Å². The Morgan fingerprint density at radius 1 is 1.32 bits per heavy atom. The lowest BCUT2D eigenvalue weighted by molar-refractivity contribution is -0.161. The van der Waals surface area contributed by atoms with Gasteiger partial charge in [-0.1, -0.05) is 0 Å². The van der Waals surface area contributed by atoms with Gasteiger partial charge in [-0.3, -0.25) is 14.4 Å². The summed E-state index contributed by atoms with van der Waals surface area (Å²) in [6.45, 7) is 3.46. The molecule has 2 saturated heterocycles. The minimum atomic E-state index is -1.40. The van der Waals surface area contributed by atoms with E-state index in [2.05, 4.69) is 5.32 Å². The minimum Gasteiger partial charge on any atom is -0.480 e. The van der Waals surface area contributed by atoms with Crippen LogP contribution in [0.4, 0.5) is 0 Å². The van der Waals surface area contributed by atoms with Crippen LogP contribution in [0.25, 0.3) is 0 Å². The molecular formula is C15H16N2O6S2. The Hall–Kier alpha value is -2.07. The first-order valence-electron chi connectivity index (χ1n) is 7.43. The smallest absolute Gasteiger partial charge is 0.327 e. The van der Waals surface area contributed by atoms with Crippen molar-refractivity contribution in [1.82, 2.24) is 10.2 Å². The van der Waals surface area contributed by atoms with Crippen LogP contribution >= 0.6 is 23.1 Å². The van der Waals surface area contributed by atoms with E-state index in [4.69, 9.17) is 0 Å². The van der Waals surface area contributed by atoms with Crippen LogP contribution in [-0.2, 0) is 19.2 Å². The molecule has 0 aliphatic carbocycles. The van der Waals surface area contributed by atoms with Crippen LogP contribution in [0.3, 0.4) is 0 Å². The zero-order chi connectivity index (χ0) is 18.5. The molecule has 0 aromatic carbocycles. The molecule has 1 aromatic heterocycles. The number of hydrogen-bond donors (Lipinski definition) is 3. The topological polar surface area (TPSA) is 124 Å². The van der Waals surface area contributed by atoms with Crippen molar-refractivity contribution in [3.05, 3.63) is 22.4 Å². The van der Waals surface area contributed by atoms with Crippen molar-refractivity contribution >= 4 is 46.9 Å². The number of carbonyl (C=O) groups excluding carboxylic acids is 2. The van der Waals surface area contributed by atoms with Crippen molar-refractivity contribution in [3.63, 3.8) is 0 Å². The van der Waals surface area contributed by atoms with Gasteiger partial charge in [0.15, 0.2) is 5.92 Å². The fourth-order valence-corrected chi connectivity index (χ4v) is 5.54. The van der Waals surface area contributed by atoms with Crippen LogP contribution in [0, 0.1) is 0 Å². The van der Waals surface area contributed by atoms with E-state index in [1.807, 2.05) is 0 Å². The van der Waals surface area contributed by atoms with Crippen LogP contribution in [0.1, 0.15) is 25.3 Å². The summed E-state index contributed by atoms with van der Waals surface area (Å²) in [6, 6.07) is -0.344. The van der Waals surface area contributed by atoms with Gasteiger partial charge in [0.2, 0.25) is 11.8 Å². The molecule has 0 saturated carbocycles. The summed E-state index contributed by atoms with van der Waals surface area (Å²) in [7, 11) is 0. The molecule has 3 rings (SSSR count). The van der Waals surface area contributed by atoms with Gasteiger partial charge in [0.05, 0.1) is 0 Å². The van der Waals surface area contributed by atoms with Crippen LogP contribution in [0.2, 0.25) is 0 Å². The van der Waals surface area contributed by atoms with E-state index in [1.165, 1.54) is 28.0 Å². The number of carbonyl (C=O) groups is 4. The molecule has 2 amide bonds.